The van der Waals surface area contributed by atoms with Gasteiger partial charge in [-0.25, -0.2) is 4.79 Å². The first-order valence-corrected chi connectivity index (χ1v) is 17.7. The van der Waals surface area contributed by atoms with E-state index in [4.69, 9.17) is 28.4 Å². The summed E-state index contributed by atoms with van der Waals surface area (Å²) in [6, 6.07) is 9.38. The third-order valence-corrected chi connectivity index (χ3v) is 8.74. The number of rotatable bonds is 21. The van der Waals surface area contributed by atoms with Crippen LogP contribution in [0.3, 0.4) is 0 Å². The number of carbonyl (C=O) groups excluding carboxylic acids is 3. The number of hydrogen-bond donors (Lipinski definition) is 2. The molecule has 0 bridgehead atoms. The van der Waals surface area contributed by atoms with Gasteiger partial charge in [-0.3, -0.25) is 14.4 Å². The number of carboxylic acid groups (broad SMARTS) is 1. The second-order valence-corrected chi connectivity index (χ2v) is 12.4. The number of aliphatic carboxylic acids is 1. The van der Waals surface area contributed by atoms with Gasteiger partial charge in [-0.1, -0.05) is 25.1 Å². The average molecular weight is 752 g/mol. The summed E-state index contributed by atoms with van der Waals surface area (Å²) in [5.74, 6) is -1.33. The molecule has 14 heteroatoms. The van der Waals surface area contributed by atoms with Gasteiger partial charge in [0.05, 0.1) is 65.2 Å². The maximum Gasteiger partial charge on any atom is 0.337 e. The van der Waals surface area contributed by atoms with E-state index in [0.717, 1.165) is 22.5 Å². The topological polar surface area (TPSA) is 162 Å². The fraction of sp³-hybridized carbons (Fsp3) is 0.450. The molecule has 1 heterocycles. The first-order valence-electron chi connectivity index (χ1n) is 17.7. The Kier molecular flexibility index (Phi) is 16.9. The number of benzene rings is 2. The summed E-state index contributed by atoms with van der Waals surface area (Å²) in [5, 5.41) is 13.0. The molecule has 1 atom stereocenters. The van der Waals surface area contributed by atoms with Crippen molar-refractivity contribution in [2.45, 2.75) is 40.5 Å². The third-order valence-electron chi connectivity index (χ3n) is 8.74. The molecule has 54 heavy (non-hydrogen) atoms. The van der Waals surface area contributed by atoms with Gasteiger partial charge >= 0.3 is 23.9 Å². The number of carboxylic acids is 1. The van der Waals surface area contributed by atoms with Crippen LogP contribution < -0.4 is 24.6 Å². The average Bonchev–Trinajstić information content (AvgIpc) is 3.53. The van der Waals surface area contributed by atoms with Gasteiger partial charge in [0.2, 0.25) is 0 Å². The maximum absolute atomic E-state index is 12.7. The summed E-state index contributed by atoms with van der Waals surface area (Å²) < 4.78 is 32.6. The van der Waals surface area contributed by atoms with Crippen molar-refractivity contribution in [1.29, 1.82) is 0 Å². The van der Waals surface area contributed by atoms with Crippen LogP contribution in [0.4, 0.5) is 11.4 Å². The molecule has 1 aliphatic heterocycles. The molecule has 0 fully saturated rings. The second kappa shape index (κ2) is 21.3. The maximum atomic E-state index is 12.7. The lowest BCUT2D eigenvalue weighted by Gasteiger charge is -2.28. The minimum atomic E-state index is -0.959. The summed E-state index contributed by atoms with van der Waals surface area (Å²) in [7, 11) is 5.53. The number of methoxy groups -OCH3 is 4. The van der Waals surface area contributed by atoms with Gasteiger partial charge in [0, 0.05) is 42.4 Å². The first-order chi connectivity index (χ1) is 25.9. The summed E-state index contributed by atoms with van der Waals surface area (Å²) in [5.41, 5.74) is 5.62. The van der Waals surface area contributed by atoms with E-state index in [0.29, 0.717) is 47.2 Å². The number of nitrogens with one attached hydrogen (secondary N) is 1. The van der Waals surface area contributed by atoms with E-state index >= 15 is 0 Å². The van der Waals surface area contributed by atoms with Crippen molar-refractivity contribution in [2.24, 2.45) is 5.92 Å². The van der Waals surface area contributed by atoms with Crippen LogP contribution in [0, 0.1) is 12.8 Å². The fourth-order valence-electron chi connectivity index (χ4n) is 5.86. The van der Waals surface area contributed by atoms with Crippen LogP contribution in [0.25, 0.3) is 5.70 Å². The molecular formula is C40H53N3O11. The molecule has 0 saturated carbocycles. The summed E-state index contributed by atoms with van der Waals surface area (Å²) in [6.45, 7) is 8.73. The molecule has 1 aliphatic rings. The molecule has 0 saturated heterocycles. The minimum absolute atomic E-state index is 0.0139. The fourth-order valence-corrected chi connectivity index (χ4v) is 5.86. The molecular weight excluding hydrogens is 698 g/mol. The molecule has 2 aromatic carbocycles. The highest BCUT2D eigenvalue weighted by atomic mass is 16.5. The molecule has 0 amide bonds. The van der Waals surface area contributed by atoms with Gasteiger partial charge in [-0.15, -0.1) is 0 Å². The van der Waals surface area contributed by atoms with E-state index in [1.165, 1.54) is 21.3 Å². The predicted octanol–water partition coefficient (Wildman–Crippen LogP) is 4.68. The number of esters is 3. The van der Waals surface area contributed by atoms with E-state index in [2.05, 4.69) is 5.32 Å². The lowest BCUT2D eigenvalue weighted by Crippen LogP contribution is -2.36. The quantitative estimate of drug-likeness (QED) is 0.0783. The monoisotopic (exact) mass is 751 g/mol. The molecule has 1 unspecified atom stereocenters. The number of allylic oxidation sites excluding steroid dienone is 2. The Morgan fingerprint density at radius 3 is 2.09 bits per heavy atom. The summed E-state index contributed by atoms with van der Waals surface area (Å²) in [6.07, 6.45) is 5.47. The molecule has 3 rings (SSSR count). The normalized spacial score (nSPS) is 14.5. The van der Waals surface area contributed by atoms with Crippen molar-refractivity contribution in [1.82, 2.24) is 5.32 Å². The van der Waals surface area contributed by atoms with Crippen LogP contribution in [0.1, 0.15) is 43.9 Å². The van der Waals surface area contributed by atoms with E-state index < -0.39 is 23.9 Å². The van der Waals surface area contributed by atoms with Gasteiger partial charge in [-0.05, 0) is 68.7 Å². The predicted molar refractivity (Wildman–Crippen MR) is 205 cm³/mol. The Morgan fingerprint density at radius 2 is 1.54 bits per heavy atom. The number of carbonyl (C=O) groups is 4. The van der Waals surface area contributed by atoms with Crippen LogP contribution in [-0.4, -0.2) is 103 Å². The zero-order chi connectivity index (χ0) is 39.8. The molecule has 0 radical (unpaired) electrons. The highest BCUT2D eigenvalue weighted by molar-refractivity contribution is 5.92. The molecule has 14 nitrogen and oxygen atoms in total. The number of aryl methyl sites for hydroxylation is 2. The summed E-state index contributed by atoms with van der Waals surface area (Å²) >= 11 is 0. The number of hydrogen-bond acceptors (Lipinski definition) is 13. The van der Waals surface area contributed by atoms with Crippen molar-refractivity contribution in [2.75, 3.05) is 84.2 Å². The van der Waals surface area contributed by atoms with Gasteiger partial charge in [0.15, 0.2) is 0 Å². The molecule has 0 aliphatic carbocycles. The highest BCUT2D eigenvalue weighted by Gasteiger charge is 2.26. The first kappa shape index (κ1) is 42.9. The van der Waals surface area contributed by atoms with Crippen LogP contribution in [0.15, 0.2) is 59.8 Å². The standard InChI is InChI=1S/C40H53N3O11/c1-9-28(40(48)52-8)21-31-27(4)20-32(41-31)30-23-36(54-10-2)34(22-29(30)12-14-37(44)45)43(25-39(47)51-7)16-18-53-17-15-42(24-38(46)50-6)33-13-11-26(3)19-35(33)49-5/h9,11,13,19-23,27,41H,10,12,14-18,24-25H2,1-8H3,(H,44,45)/b28-9+,31-21+. The molecule has 2 aromatic rings. The Hall–Kier alpha value is -5.50. The van der Waals surface area contributed by atoms with Gasteiger partial charge < -0.3 is 48.6 Å². The van der Waals surface area contributed by atoms with E-state index in [1.807, 2.05) is 62.1 Å². The highest BCUT2D eigenvalue weighted by Crippen LogP contribution is 2.38. The zero-order valence-corrected chi connectivity index (χ0v) is 32.5. The SMILES string of the molecule is C/C=C(\C=C1\NC(c2cc(OCC)c(N(CCOCCN(CC(=O)OC)c3ccc(C)cc3OC)CC(=O)OC)cc2CCC(=O)O)=CC1C)C(=O)OC. The van der Waals surface area contributed by atoms with E-state index in [9.17, 15) is 24.3 Å². The third kappa shape index (κ3) is 12.0. The van der Waals surface area contributed by atoms with Crippen LogP contribution in [0.5, 0.6) is 11.5 Å². The Labute approximate surface area is 317 Å². The van der Waals surface area contributed by atoms with Crippen molar-refractivity contribution in [3.05, 3.63) is 76.5 Å². The largest absolute Gasteiger partial charge is 0.495 e. The van der Waals surface area contributed by atoms with Crippen LogP contribution in [0.2, 0.25) is 0 Å². The van der Waals surface area contributed by atoms with Crippen molar-refractivity contribution in [3.8, 4) is 11.5 Å². The van der Waals surface area contributed by atoms with E-state index in [-0.39, 0.29) is 51.6 Å². The van der Waals surface area contributed by atoms with Crippen LogP contribution >= 0.6 is 0 Å². The van der Waals surface area contributed by atoms with Gasteiger partial charge in [0.1, 0.15) is 24.6 Å². The van der Waals surface area contributed by atoms with E-state index in [1.54, 1.807) is 31.1 Å². The Bertz CT molecular complexity index is 1730. The van der Waals surface area contributed by atoms with Gasteiger partial charge in [0.25, 0.3) is 0 Å². The summed E-state index contributed by atoms with van der Waals surface area (Å²) in [4.78, 5) is 52.6. The van der Waals surface area contributed by atoms with Gasteiger partial charge in [-0.2, -0.15) is 0 Å². The minimum Gasteiger partial charge on any atom is -0.495 e. The molecule has 0 aromatic heterocycles. The van der Waals surface area contributed by atoms with Crippen LogP contribution in [-0.2, 0) is 44.5 Å². The number of anilines is 2. The zero-order valence-electron chi connectivity index (χ0n) is 32.5. The molecule has 2 N–H and O–H groups in total. The second-order valence-electron chi connectivity index (χ2n) is 12.4. The lowest BCUT2D eigenvalue weighted by molar-refractivity contribution is -0.139. The van der Waals surface area contributed by atoms with Crippen molar-refractivity contribution in [3.63, 3.8) is 0 Å². The van der Waals surface area contributed by atoms with Crippen molar-refractivity contribution < 1.29 is 52.7 Å². The lowest BCUT2D eigenvalue weighted by atomic mass is 9.97. The molecule has 294 valence electrons. The number of nitrogens with zero attached hydrogens (tertiary/aromatic N) is 2. The smallest absolute Gasteiger partial charge is 0.337 e. The number of ether oxygens (including phenoxy) is 6. The Morgan fingerprint density at radius 1 is 0.889 bits per heavy atom. The Balaban J connectivity index is 1.93. The van der Waals surface area contributed by atoms with Crippen molar-refractivity contribution >= 4 is 40.9 Å². The molecule has 0 spiro atoms.